The highest BCUT2D eigenvalue weighted by Crippen LogP contribution is 2.32. The van der Waals surface area contributed by atoms with Crippen LogP contribution in [0.4, 0.5) is 11.4 Å². The molecule has 1 atom stereocenters. The maximum atomic E-state index is 11.9. The van der Waals surface area contributed by atoms with Crippen LogP contribution in [0, 0.1) is 18.3 Å². The molecule has 1 aromatic heterocycles. The first kappa shape index (κ1) is 18.5. The molecule has 136 valence electrons. The second kappa shape index (κ2) is 7.53. The van der Waals surface area contributed by atoms with E-state index in [0.29, 0.717) is 33.4 Å². The van der Waals surface area contributed by atoms with Gasteiger partial charge in [0.2, 0.25) is 0 Å². The number of carbonyl (C=O) groups excluding carboxylic acids is 1. The predicted octanol–water partition coefficient (Wildman–Crippen LogP) is 2.64. The van der Waals surface area contributed by atoms with Crippen LogP contribution in [-0.4, -0.2) is 19.7 Å². The Kier molecular flexibility index (Phi) is 5.16. The minimum Gasteiger partial charge on any atom is -0.772 e. The third-order valence-electron chi connectivity index (χ3n) is 4.03. The van der Waals surface area contributed by atoms with Gasteiger partial charge in [-0.25, -0.2) is 0 Å². The zero-order chi connectivity index (χ0) is 19.6. The van der Waals surface area contributed by atoms with Gasteiger partial charge in [-0.05, 0) is 42.3 Å². The van der Waals surface area contributed by atoms with E-state index in [-0.39, 0.29) is 11.3 Å². The molecule has 1 unspecified atom stereocenters. The largest absolute Gasteiger partial charge is 0.772 e. The second-order valence-electron chi connectivity index (χ2n) is 5.99. The molecule has 8 heteroatoms. The Morgan fingerprint density at radius 3 is 2.81 bits per heavy atom. The number of nitrogens with one attached hydrogen (secondary N) is 1. The van der Waals surface area contributed by atoms with Gasteiger partial charge in [0.05, 0.1) is 28.4 Å². The van der Waals surface area contributed by atoms with Crippen molar-refractivity contribution in [2.45, 2.75) is 12.7 Å². The normalized spacial score (nSPS) is 11.7. The molecule has 0 radical (unpaired) electrons. The molecule has 3 N–H and O–H groups in total. The molecule has 1 heterocycles. The van der Waals surface area contributed by atoms with Crippen molar-refractivity contribution < 1.29 is 13.6 Å². The van der Waals surface area contributed by atoms with Gasteiger partial charge in [-0.1, -0.05) is 23.2 Å². The third kappa shape index (κ3) is 3.95. The molecule has 2 aromatic carbocycles. The van der Waals surface area contributed by atoms with Crippen molar-refractivity contribution in [2.24, 2.45) is 5.73 Å². The van der Waals surface area contributed by atoms with Gasteiger partial charge >= 0.3 is 0 Å². The SMILES string of the molecule is Cc1cc(CS(=O)[O-])cc2c(Nc3cccc(C#N)c3)c(C(N)=O)cnc12. The number of hydrogen-bond donors (Lipinski definition) is 2. The number of aromatic nitrogens is 1. The van der Waals surface area contributed by atoms with E-state index in [2.05, 4.69) is 16.4 Å². The Hall–Kier alpha value is -3.28. The monoisotopic (exact) mass is 379 g/mol. The lowest BCUT2D eigenvalue weighted by molar-refractivity contribution is 0.100. The first-order chi connectivity index (χ1) is 12.9. The van der Waals surface area contributed by atoms with Gasteiger partial charge in [-0.3, -0.25) is 14.0 Å². The fourth-order valence-corrected chi connectivity index (χ4v) is 3.35. The summed E-state index contributed by atoms with van der Waals surface area (Å²) in [5.74, 6) is -0.820. The smallest absolute Gasteiger partial charge is 0.252 e. The van der Waals surface area contributed by atoms with Crippen molar-refractivity contribution in [1.82, 2.24) is 4.98 Å². The summed E-state index contributed by atoms with van der Waals surface area (Å²) in [4.78, 5) is 16.2. The molecule has 3 rings (SSSR count). The van der Waals surface area contributed by atoms with E-state index in [4.69, 9.17) is 11.0 Å². The maximum Gasteiger partial charge on any atom is 0.252 e. The summed E-state index contributed by atoms with van der Waals surface area (Å²) in [6.45, 7) is 1.82. The molecule has 1 amide bonds. The van der Waals surface area contributed by atoms with E-state index in [9.17, 15) is 13.6 Å². The van der Waals surface area contributed by atoms with Gasteiger partial charge in [0, 0.05) is 23.0 Å². The average molecular weight is 379 g/mol. The first-order valence-corrected chi connectivity index (χ1v) is 9.18. The summed E-state index contributed by atoms with van der Waals surface area (Å²) in [5, 5.41) is 12.8. The first-order valence-electron chi connectivity index (χ1n) is 7.94. The quantitative estimate of drug-likeness (QED) is 0.655. The van der Waals surface area contributed by atoms with E-state index in [0.717, 1.165) is 5.56 Å². The molecule has 27 heavy (non-hydrogen) atoms. The molecule has 0 saturated carbocycles. The zero-order valence-electron chi connectivity index (χ0n) is 14.4. The standard InChI is InChI=1S/C19H16N4O3S/c1-11-5-13(10-27(25)26)7-15-17(11)22-9-16(19(21)24)18(15)23-14-4-2-3-12(6-14)8-20/h2-7,9H,10H2,1H3,(H2,21,24)(H,22,23)(H,25,26)/p-1. The summed E-state index contributed by atoms with van der Waals surface area (Å²) < 4.78 is 22.2. The highest BCUT2D eigenvalue weighted by Gasteiger charge is 2.16. The summed E-state index contributed by atoms with van der Waals surface area (Å²) in [7, 11) is 0. The Balaban J connectivity index is 2.24. The summed E-state index contributed by atoms with van der Waals surface area (Å²) in [6.07, 6.45) is 1.39. The van der Waals surface area contributed by atoms with Gasteiger partial charge in [-0.15, -0.1) is 0 Å². The van der Waals surface area contributed by atoms with Crippen molar-refractivity contribution in [3.63, 3.8) is 0 Å². The molecular formula is C19H15N4O3S-. The molecule has 0 aliphatic carbocycles. The number of fused-ring (bicyclic) bond motifs is 1. The number of primary amides is 1. The molecule has 0 bridgehead atoms. The van der Waals surface area contributed by atoms with Crippen molar-refractivity contribution in [2.75, 3.05) is 5.32 Å². The Morgan fingerprint density at radius 1 is 1.37 bits per heavy atom. The average Bonchev–Trinajstić information content (AvgIpc) is 2.61. The van der Waals surface area contributed by atoms with E-state index in [1.165, 1.54) is 6.20 Å². The minimum atomic E-state index is -2.25. The lowest BCUT2D eigenvalue weighted by atomic mass is 10.0. The fraction of sp³-hybridized carbons (Fsp3) is 0.105. The van der Waals surface area contributed by atoms with Gasteiger partial charge in [0.15, 0.2) is 0 Å². The van der Waals surface area contributed by atoms with Gasteiger partial charge < -0.3 is 15.6 Å². The molecular weight excluding hydrogens is 364 g/mol. The lowest BCUT2D eigenvalue weighted by Crippen LogP contribution is -2.14. The van der Waals surface area contributed by atoms with Crippen molar-refractivity contribution in [1.29, 1.82) is 5.26 Å². The molecule has 0 saturated heterocycles. The topological polar surface area (TPSA) is 132 Å². The molecule has 0 spiro atoms. The molecule has 7 nitrogen and oxygen atoms in total. The van der Waals surface area contributed by atoms with Gasteiger partial charge in [0.25, 0.3) is 5.91 Å². The van der Waals surface area contributed by atoms with E-state index >= 15 is 0 Å². The van der Waals surface area contributed by atoms with E-state index in [1.807, 2.05) is 6.92 Å². The van der Waals surface area contributed by atoms with Crippen LogP contribution in [-0.2, 0) is 16.8 Å². The van der Waals surface area contributed by atoms with Crippen LogP contribution in [0.1, 0.15) is 27.0 Å². The number of pyridine rings is 1. The van der Waals surface area contributed by atoms with Crippen molar-refractivity contribution in [3.8, 4) is 6.07 Å². The van der Waals surface area contributed by atoms with Gasteiger partial charge in [0.1, 0.15) is 0 Å². The van der Waals surface area contributed by atoms with E-state index < -0.39 is 17.0 Å². The summed E-state index contributed by atoms with van der Waals surface area (Å²) in [5.41, 5.74) is 9.12. The molecule has 0 aliphatic heterocycles. The molecule has 0 fully saturated rings. The Labute approximate surface area is 158 Å². The van der Waals surface area contributed by atoms with Crippen LogP contribution in [0.5, 0.6) is 0 Å². The highest BCUT2D eigenvalue weighted by atomic mass is 32.2. The fourth-order valence-electron chi connectivity index (χ4n) is 2.91. The van der Waals surface area contributed by atoms with Crippen molar-refractivity contribution >= 4 is 39.3 Å². The summed E-state index contributed by atoms with van der Waals surface area (Å²) >= 11 is -2.25. The Bertz CT molecular complexity index is 1120. The van der Waals surface area contributed by atoms with Crippen LogP contribution < -0.4 is 11.1 Å². The number of anilines is 2. The number of nitriles is 1. The van der Waals surface area contributed by atoms with Crippen LogP contribution in [0.25, 0.3) is 10.9 Å². The van der Waals surface area contributed by atoms with Crippen LogP contribution >= 0.6 is 0 Å². The highest BCUT2D eigenvalue weighted by molar-refractivity contribution is 7.78. The summed E-state index contributed by atoms with van der Waals surface area (Å²) in [6, 6.07) is 12.2. The van der Waals surface area contributed by atoms with Crippen molar-refractivity contribution in [3.05, 3.63) is 64.8 Å². The Morgan fingerprint density at radius 2 is 2.15 bits per heavy atom. The minimum absolute atomic E-state index is 0.152. The number of carbonyl (C=O) groups is 1. The number of nitrogens with zero attached hydrogens (tertiary/aromatic N) is 2. The molecule has 3 aromatic rings. The predicted molar refractivity (Wildman–Crippen MR) is 102 cm³/mol. The number of benzene rings is 2. The second-order valence-corrected chi connectivity index (χ2v) is 6.88. The molecule has 0 aliphatic rings. The number of amides is 1. The van der Waals surface area contributed by atoms with Crippen LogP contribution in [0.3, 0.4) is 0 Å². The number of nitrogens with two attached hydrogens (primary N) is 1. The number of hydrogen-bond acceptors (Lipinski definition) is 6. The zero-order valence-corrected chi connectivity index (χ0v) is 15.2. The van der Waals surface area contributed by atoms with E-state index in [1.54, 1.807) is 36.4 Å². The van der Waals surface area contributed by atoms with Crippen LogP contribution in [0.2, 0.25) is 0 Å². The van der Waals surface area contributed by atoms with Gasteiger partial charge in [-0.2, -0.15) is 5.26 Å². The number of rotatable bonds is 5. The van der Waals surface area contributed by atoms with Crippen LogP contribution in [0.15, 0.2) is 42.6 Å². The maximum absolute atomic E-state index is 11.9. The lowest BCUT2D eigenvalue weighted by Gasteiger charge is -2.16. The third-order valence-corrected chi connectivity index (χ3v) is 4.60. The number of aryl methyl sites for hydroxylation is 1.